The van der Waals surface area contributed by atoms with Gasteiger partial charge in [0, 0.05) is 6.04 Å². The molecule has 0 amide bonds. The van der Waals surface area contributed by atoms with Gasteiger partial charge in [-0.3, -0.25) is 0 Å². The Morgan fingerprint density at radius 1 is 1.16 bits per heavy atom. The van der Waals surface area contributed by atoms with Crippen LogP contribution in [0.1, 0.15) is 59.8 Å². The van der Waals surface area contributed by atoms with Crippen LogP contribution in [-0.2, 0) is 9.47 Å². The Bertz CT molecular complexity index is 221. The Morgan fingerprint density at radius 2 is 1.95 bits per heavy atom. The molecular formula is C16H33NO2. The summed E-state index contributed by atoms with van der Waals surface area (Å²) in [7, 11) is 0. The normalized spacial score (nSPS) is 27.9. The quantitative estimate of drug-likeness (QED) is 0.652. The highest BCUT2D eigenvalue weighted by atomic mass is 16.5. The van der Waals surface area contributed by atoms with Gasteiger partial charge in [-0.2, -0.15) is 0 Å². The molecule has 0 aromatic rings. The molecule has 3 nitrogen and oxygen atoms in total. The number of nitrogens with one attached hydrogen (secondary N) is 1. The number of ether oxygens (including phenoxy) is 2. The van der Waals surface area contributed by atoms with Gasteiger partial charge in [-0.25, -0.2) is 0 Å². The molecule has 0 aromatic carbocycles. The lowest BCUT2D eigenvalue weighted by Gasteiger charge is -2.36. The van der Waals surface area contributed by atoms with Gasteiger partial charge in [0.25, 0.3) is 0 Å². The van der Waals surface area contributed by atoms with Crippen LogP contribution in [0.3, 0.4) is 0 Å². The second-order valence-electron chi connectivity index (χ2n) is 5.98. The van der Waals surface area contributed by atoms with Crippen LogP contribution in [0.25, 0.3) is 0 Å². The van der Waals surface area contributed by atoms with Crippen LogP contribution in [-0.4, -0.2) is 38.0 Å². The van der Waals surface area contributed by atoms with E-state index in [0.29, 0.717) is 24.9 Å². The van der Waals surface area contributed by atoms with Crippen LogP contribution in [0.5, 0.6) is 0 Å². The lowest BCUT2D eigenvalue weighted by molar-refractivity contribution is -0.0455. The van der Waals surface area contributed by atoms with Gasteiger partial charge < -0.3 is 14.8 Å². The standard InChI is InChI=1S/C16H33NO2/c1-5-9-17-15-8-7-14(6-2)12-16(15)19-11-10-18-13(3)4/h13-17H,5-12H2,1-4H3. The largest absolute Gasteiger partial charge is 0.376 e. The van der Waals surface area contributed by atoms with Gasteiger partial charge in [0.05, 0.1) is 25.4 Å². The summed E-state index contributed by atoms with van der Waals surface area (Å²) < 4.78 is 11.6. The molecule has 0 radical (unpaired) electrons. The molecule has 1 aliphatic carbocycles. The van der Waals surface area contributed by atoms with E-state index < -0.39 is 0 Å². The molecule has 19 heavy (non-hydrogen) atoms. The van der Waals surface area contributed by atoms with Crippen molar-refractivity contribution < 1.29 is 9.47 Å². The summed E-state index contributed by atoms with van der Waals surface area (Å²) in [6, 6.07) is 0.543. The molecule has 1 N–H and O–H groups in total. The monoisotopic (exact) mass is 271 g/mol. The minimum absolute atomic E-state index is 0.298. The molecule has 3 unspecified atom stereocenters. The van der Waals surface area contributed by atoms with E-state index in [1.807, 2.05) is 0 Å². The highest BCUT2D eigenvalue weighted by molar-refractivity contribution is 4.85. The zero-order valence-corrected chi connectivity index (χ0v) is 13.3. The van der Waals surface area contributed by atoms with E-state index in [-0.39, 0.29) is 0 Å². The first-order valence-electron chi connectivity index (χ1n) is 8.13. The summed E-state index contributed by atoms with van der Waals surface area (Å²) in [6.45, 7) is 11.2. The highest BCUT2D eigenvalue weighted by Gasteiger charge is 2.29. The Labute approximate surface area is 119 Å². The molecule has 3 heteroatoms. The molecule has 0 heterocycles. The third-order valence-electron chi connectivity index (χ3n) is 4.00. The highest BCUT2D eigenvalue weighted by Crippen LogP contribution is 2.28. The maximum absolute atomic E-state index is 6.09. The van der Waals surface area contributed by atoms with Crippen molar-refractivity contribution in [3.8, 4) is 0 Å². The maximum Gasteiger partial charge on any atom is 0.0731 e. The van der Waals surface area contributed by atoms with Crippen molar-refractivity contribution >= 4 is 0 Å². The van der Waals surface area contributed by atoms with Crippen molar-refractivity contribution in [2.24, 2.45) is 5.92 Å². The first-order chi connectivity index (χ1) is 9.17. The molecule has 0 spiro atoms. The molecule has 0 bridgehead atoms. The van der Waals surface area contributed by atoms with Gasteiger partial charge in [0.15, 0.2) is 0 Å². The minimum Gasteiger partial charge on any atom is -0.376 e. The predicted octanol–water partition coefficient (Wildman–Crippen LogP) is 3.37. The Morgan fingerprint density at radius 3 is 2.58 bits per heavy atom. The Hall–Kier alpha value is -0.120. The zero-order chi connectivity index (χ0) is 14.1. The van der Waals surface area contributed by atoms with Gasteiger partial charge >= 0.3 is 0 Å². The Kier molecular flexibility index (Phi) is 8.67. The van der Waals surface area contributed by atoms with E-state index in [0.717, 1.165) is 19.1 Å². The first-order valence-corrected chi connectivity index (χ1v) is 8.13. The van der Waals surface area contributed by atoms with Crippen LogP contribution < -0.4 is 5.32 Å². The summed E-state index contributed by atoms with van der Waals surface area (Å²) in [5.74, 6) is 0.843. The van der Waals surface area contributed by atoms with Crippen molar-refractivity contribution in [2.45, 2.75) is 78.0 Å². The van der Waals surface area contributed by atoms with E-state index in [2.05, 4.69) is 33.0 Å². The van der Waals surface area contributed by atoms with Crippen molar-refractivity contribution in [1.29, 1.82) is 0 Å². The van der Waals surface area contributed by atoms with Crippen molar-refractivity contribution in [1.82, 2.24) is 5.32 Å². The van der Waals surface area contributed by atoms with Gasteiger partial charge in [-0.15, -0.1) is 0 Å². The van der Waals surface area contributed by atoms with Crippen LogP contribution in [0.2, 0.25) is 0 Å². The third-order valence-corrected chi connectivity index (χ3v) is 4.00. The van der Waals surface area contributed by atoms with Gasteiger partial charge in [-0.1, -0.05) is 20.3 Å². The van der Waals surface area contributed by atoms with Crippen LogP contribution in [0.15, 0.2) is 0 Å². The topological polar surface area (TPSA) is 30.5 Å². The molecule has 0 aliphatic heterocycles. The second kappa shape index (κ2) is 9.73. The SMILES string of the molecule is CCCNC1CCC(CC)CC1OCCOC(C)C. The summed E-state index contributed by atoms with van der Waals surface area (Å²) >= 11 is 0. The van der Waals surface area contributed by atoms with E-state index in [9.17, 15) is 0 Å². The number of hydrogen-bond donors (Lipinski definition) is 1. The molecule has 114 valence electrons. The molecule has 0 aromatic heterocycles. The summed E-state index contributed by atoms with van der Waals surface area (Å²) in [5, 5.41) is 3.65. The summed E-state index contributed by atoms with van der Waals surface area (Å²) in [5.41, 5.74) is 0. The van der Waals surface area contributed by atoms with E-state index in [4.69, 9.17) is 9.47 Å². The molecule has 1 fully saturated rings. The Balaban J connectivity index is 2.32. The first kappa shape index (κ1) is 16.9. The van der Waals surface area contributed by atoms with Gasteiger partial charge in [0.1, 0.15) is 0 Å². The van der Waals surface area contributed by atoms with Crippen LogP contribution in [0.4, 0.5) is 0 Å². The van der Waals surface area contributed by atoms with Crippen molar-refractivity contribution in [2.75, 3.05) is 19.8 Å². The zero-order valence-electron chi connectivity index (χ0n) is 13.3. The fourth-order valence-electron chi connectivity index (χ4n) is 2.81. The van der Waals surface area contributed by atoms with Gasteiger partial charge in [0.2, 0.25) is 0 Å². The predicted molar refractivity (Wildman–Crippen MR) is 80.5 cm³/mol. The molecule has 1 rings (SSSR count). The molecule has 0 saturated heterocycles. The minimum atomic E-state index is 0.298. The second-order valence-corrected chi connectivity index (χ2v) is 5.98. The summed E-state index contributed by atoms with van der Waals surface area (Å²) in [4.78, 5) is 0. The average Bonchev–Trinajstić information content (AvgIpc) is 2.41. The molecule has 1 saturated carbocycles. The lowest BCUT2D eigenvalue weighted by Crippen LogP contribution is -2.46. The molecule has 1 aliphatic rings. The smallest absolute Gasteiger partial charge is 0.0731 e. The maximum atomic E-state index is 6.09. The third kappa shape index (κ3) is 6.73. The van der Waals surface area contributed by atoms with Crippen LogP contribution in [0, 0.1) is 5.92 Å². The van der Waals surface area contributed by atoms with Crippen molar-refractivity contribution in [3.05, 3.63) is 0 Å². The van der Waals surface area contributed by atoms with E-state index >= 15 is 0 Å². The number of hydrogen-bond acceptors (Lipinski definition) is 3. The molecular weight excluding hydrogens is 238 g/mol. The number of rotatable bonds is 9. The fourth-order valence-corrected chi connectivity index (χ4v) is 2.81. The van der Waals surface area contributed by atoms with E-state index in [1.165, 1.54) is 32.1 Å². The van der Waals surface area contributed by atoms with Crippen molar-refractivity contribution in [3.63, 3.8) is 0 Å². The fraction of sp³-hybridized carbons (Fsp3) is 1.00. The average molecular weight is 271 g/mol. The summed E-state index contributed by atoms with van der Waals surface area (Å²) in [6.07, 6.45) is 6.96. The van der Waals surface area contributed by atoms with Crippen LogP contribution >= 0.6 is 0 Å². The molecule has 3 atom stereocenters. The lowest BCUT2D eigenvalue weighted by atomic mass is 9.82. The van der Waals surface area contributed by atoms with E-state index in [1.54, 1.807) is 0 Å². The van der Waals surface area contributed by atoms with Gasteiger partial charge in [-0.05, 0) is 52.0 Å².